The molecular weight excluding hydrogens is 559 g/mol. The van der Waals surface area contributed by atoms with Crippen LogP contribution in [-0.4, -0.2) is 73.7 Å². The van der Waals surface area contributed by atoms with Crippen LogP contribution < -0.4 is 15.0 Å². The van der Waals surface area contributed by atoms with Crippen molar-refractivity contribution in [3.8, 4) is 22.8 Å². The molecule has 1 amide bonds. The summed E-state index contributed by atoms with van der Waals surface area (Å²) < 4.78 is 20.9. The van der Waals surface area contributed by atoms with Crippen molar-refractivity contribution in [2.24, 2.45) is 17.3 Å². The van der Waals surface area contributed by atoms with Crippen LogP contribution in [0.1, 0.15) is 70.4 Å². The summed E-state index contributed by atoms with van der Waals surface area (Å²) in [5.74, 6) is 2.89. The molecule has 0 bridgehead atoms. The second-order valence-corrected chi connectivity index (χ2v) is 14.2. The van der Waals surface area contributed by atoms with Crippen molar-refractivity contribution < 1.29 is 13.9 Å². The highest BCUT2D eigenvalue weighted by atomic mass is 19.1. The number of carbonyl (C=O) groups excluding carboxylic acids is 1. The van der Waals surface area contributed by atoms with Crippen molar-refractivity contribution in [2.45, 2.75) is 76.3 Å². The van der Waals surface area contributed by atoms with Gasteiger partial charge in [-0.3, -0.25) is 9.69 Å². The Bertz CT molecular complexity index is 1580. The quantitative estimate of drug-likeness (QED) is 0.394. The number of nitrogens with zero attached hydrogens (tertiary/aromatic N) is 7. The Kier molecular flexibility index (Phi) is 6.59. The molecule has 5 heterocycles. The van der Waals surface area contributed by atoms with E-state index in [4.69, 9.17) is 4.74 Å². The second kappa shape index (κ2) is 10.4. The van der Waals surface area contributed by atoms with Gasteiger partial charge >= 0.3 is 0 Å². The standard InChI is InChI=1S/C33H39FN8O2/c1-20(2)29(22-12-33(13-22)8-7-27(43)39-33)42-16-32(17-42)9-10-41(15-32)30-31(40-38-19-37-30)44-26-6-5-23(34)11-24(26)25-14-35-18-36-28(25)21-3-4-21/h5-6,11,14,18-22,29H,3-4,7-10,12-13,15-17H2,1-2H3,(H,39,43)/t22?,29-,33?/m0/s1. The van der Waals surface area contributed by atoms with E-state index in [1.165, 1.54) is 18.5 Å². The second-order valence-electron chi connectivity index (χ2n) is 14.2. The molecule has 5 aliphatic rings. The van der Waals surface area contributed by atoms with Crippen LogP contribution in [0, 0.1) is 23.1 Å². The first kappa shape index (κ1) is 27.8. The van der Waals surface area contributed by atoms with Crippen LogP contribution in [0.5, 0.6) is 11.6 Å². The highest BCUT2D eigenvalue weighted by Gasteiger charge is 2.56. The summed E-state index contributed by atoms with van der Waals surface area (Å²) in [6.45, 7) is 8.55. The van der Waals surface area contributed by atoms with Gasteiger partial charge in [0.25, 0.3) is 5.88 Å². The average Bonchev–Trinajstić information content (AvgIpc) is 3.61. The molecule has 3 aliphatic heterocycles. The summed E-state index contributed by atoms with van der Waals surface area (Å²) in [6.07, 6.45) is 11.8. The molecule has 2 saturated carbocycles. The van der Waals surface area contributed by atoms with Gasteiger partial charge in [0.1, 0.15) is 24.2 Å². The molecule has 230 valence electrons. The normalized spacial score (nSPS) is 26.6. The Morgan fingerprint density at radius 1 is 1.07 bits per heavy atom. The number of nitrogens with one attached hydrogen (secondary N) is 1. The number of likely N-dealkylation sites (tertiary alicyclic amines) is 1. The molecule has 10 nitrogen and oxygen atoms in total. The van der Waals surface area contributed by atoms with Crippen molar-refractivity contribution in [3.63, 3.8) is 0 Å². The Balaban J connectivity index is 0.978. The van der Waals surface area contributed by atoms with E-state index in [2.05, 4.69) is 54.1 Å². The van der Waals surface area contributed by atoms with Crippen LogP contribution in [0.25, 0.3) is 11.1 Å². The number of anilines is 1. The van der Waals surface area contributed by atoms with Gasteiger partial charge in [-0.05, 0) is 68.6 Å². The molecule has 3 saturated heterocycles. The molecule has 3 aromatic rings. The molecule has 0 radical (unpaired) electrons. The largest absolute Gasteiger partial charge is 0.434 e. The molecule has 2 aliphatic carbocycles. The molecule has 8 rings (SSSR count). The fraction of sp³-hybridized carbons (Fsp3) is 0.576. The number of halogens is 1. The van der Waals surface area contributed by atoms with Crippen molar-refractivity contribution in [1.29, 1.82) is 0 Å². The van der Waals surface area contributed by atoms with Gasteiger partial charge in [0.2, 0.25) is 5.91 Å². The fourth-order valence-electron chi connectivity index (χ4n) is 8.61. The highest BCUT2D eigenvalue weighted by Crippen LogP contribution is 2.52. The van der Waals surface area contributed by atoms with Gasteiger partial charge < -0.3 is 15.0 Å². The molecule has 1 N–H and O–H groups in total. The van der Waals surface area contributed by atoms with Crippen molar-refractivity contribution in [2.75, 3.05) is 31.1 Å². The summed E-state index contributed by atoms with van der Waals surface area (Å²) in [4.78, 5) is 30.2. The fourth-order valence-corrected chi connectivity index (χ4v) is 8.61. The molecule has 2 spiro atoms. The van der Waals surface area contributed by atoms with E-state index < -0.39 is 0 Å². The number of hydrogen-bond acceptors (Lipinski definition) is 9. The zero-order valence-electron chi connectivity index (χ0n) is 25.4. The van der Waals surface area contributed by atoms with E-state index in [-0.39, 0.29) is 22.7 Å². The van der Waals surface area contributed by atoms with Gasteiger partial charge in [-0.15, -0.1) is 10.2 Å². The molecule has 1 atom stereocenters. The monoisotopic (exact) mass is 598 g/mol. The number of rotatable bonds is 8. The van der Waals surface area contributed by atoms with Gasteiger partial charge in [-0.2, -0.15) is 0 Å². The van der Waals surface area contributed by atoms with Gasteiger partial charge in [0.15, 0.2) is 5.82 Å². The summed E-state index contributed by atoms with van der Waals surface area (Å²) in [7, 11) is 0. The van der Waals surface area contributed by atoms with Crippen molar-refractivity contribution in [1.82, 2.24) is 35.4 Å². The Morgan fingerprint density at radius 2 is 1.91 bits per heavy atom. The first-order valence-electron chi connectivity index (χ1n) is 16.1. The third-order valence-corrected chi connectivity index (χ3v) is 10.7. The van der Waals surface area contributed by atoms with Gasteiger partial charge in [0.05, 0.1) is 5.69 Å². The highest BCUT2D eigenvalue weighted by molar-refractivity contribution is 5.79. The summed E-state index contributed by atoms with van der Waals surface area (Å²) >= 11 is 0. The van der Waals surface area contributed by atoms with Crippen LogP contribution >= 0.6 is 0 Å². The molecule has 1 aromatic carbocycles. The van der Waals surface area contributed by atoms with Gasteiger partial charge in [-0.25, -0.2) is 19.3 Å². The number of hydrogen-bond donors (Lipinski definition) is 1. The lowest BCUT2D eigenvalue weighted by molar-refractivity contribution is -0.121. The summed E-state index contributed by atoms with van der Waals surface area (Å²) in [6, 6.07) is 5.05. The van der Waals surface area contributed by atoms with Crippen molar-refractivity contribution in [3.05, 3.63) is 48.6 Å². The Morgan fingerprint density at radius 3 is 2.66 bits per heavy atom. The molecule has 5 fully saturated rings. The molecular formula is C33H39FN8O2. The zero-order chi connectivity index (χ0) is 30.1. The van der Waals surface area contributed by atoms with E-state index >= 15 is 0 Å². The number of carbonyl (C=O) groups is 1. The molecule has 44 heavy (non-hydrogen) atoms. The maximum atomic E-state index is 14.5. The topological polar surface area (TPSA) is 109 Å². The third kappa shape index (κ3) is 4.89. The van der Waals surface area contributed by atoms with E-state index in [1.807, 2.05) is 0 Å². The summed E-state index contributed by atoms with van der Waals surface area (Å²) in [5, 5.41) is 11.6. The van der Waals surface area contributed by atoms with Gasteiger partial charge in [-0.1, -0.05) is 13.8 Å². The summed E-state index contributed by atoms with van der Waals surface area (Å²) in [5.41, 5.74) is 2.58. The van der Waals surface area contributed by atoms with Gasteiger partial charge in [0, 0.05) is 72.8 Å². The minimum Gasteiger partial charge on any atom is -0.434 e. The van der Waals surface area contributed by atoms with Crippen LogP contribution in [0.3, 0.4) is 0 Å². The maximum Gasteiger partial charge on any atom is 0.282 e. The first-order valence-corrected chi connectivity index (χ1v) is 16.1. The number of amides is 1. The van der Waals surface area contributed by atoms with Crippen LogP contribution in [-0.2, 0) is 4.79 Å². The van der Waals surface area contributed by atoms with E-state index in [9.17, 15) is 9.18 Å². The van der Waals surface area contributed by atoms with E-state index in [0.29, 0.717) is 53.2 Å². The lowest BCUT2D eigenvalue weighted by Crippen LogP contribution is -2.67. The average molecular weight is 599 g/mol. The minimum absolute atomic E-state index is 0.0649. The third-order valence-electron chi connectivity index (χ3n) is 10.7. The van der Waals surface area contributed by atoms with Crippen LogP contribution in [0.15, 0.2) is 37.1 Å². The SMILES string of the molecule is CC(C)[C@@H](C1CC2(CCC(=O)N2)C1)N1CC2(CCN(c3ncnnc3Oc3ccc(F)cc3-c3cncnc3C3CC3)C2)C1. The smallest absolute Gasteiger partial charge is 0.282 e. The number of benzene rings is 1. The molecule has 2 aromatic heterocycles. The molecule has 11 heteroatoms. The Labute approximate surface area is 256 Å². The van der Waals surface area contributed by atoms with Crippen molar-refractivity contribution >= 4 is 11.7 Å². The maximum absolute atomic E-state index is 14.5. The lowest BCUT2D eigenvalue weighted by Gasteiger charge is -2.58. The number of aromatic nitrogens is 5. The zero-order valence-corrected chi connectivity index (χ0v) is 25.4. The predicted octanol–water partition coefficient (Wildman–Crippen LogP) is 4.73. The predicted molar refractivity (Wildman–Crippen MR) is 162 cm³/mol. The Hall–Kier alpha value is -3.73. The minimum atomic E-state index is -0.351. The van der Waals surface area contributed by atoms with E-state index in [0.717, 1.165) is 76.0 Å². The van der Waals surface area contributed by atoms with Crippen LogP contribution in [0.2, 0.25) is 0 Å². The van der Waals surface area contributed by atoms with Crippen LogP contribution in [0.4, 0.5) is 10.2 Å². The first-order chi connectivity index (χ1) is 21.3. The molecule has 0 unspecified atom stereocenters. The van der Waals surface area contributed by atoms with E-state index in [1.54, 1.807) is 18.6 Å². The lowest BCUT2D eigenvalue weighted by atomic mass is 9.61. The number of ether oxygens (including phenoxy) is 1.